The van der Waals surface area contributed by atoms with Crippen LogP contribution in [0.15, 0.2) is 18.3 Å². The van der Waals surface area contributed by atoms with Crippen molar-refractivity contribution in [3.63, 3.8) is 0 Å². The van der Waals surface area contributed by atoms with E-state index in [0.29, 0.717) is 24.6 Å². The standard InChI is InChI=1S/C15H19ClN6O2/c1-21-12(9-23)19-20-14(21)10-4-3-7-22(8-10)15(24)18-11-5-2-6-17-13(11)16/h2,5-6,10,23H,3-4,7-9H2,1H3,(H,18,24). The van der Waals surface area contributed by atoms with Crippen molar-refractivity contribution in [2.24, 2.45) is 7.05 Å². The van der Waals surface area contributed by atoms with E-state index in [-0.39, 0.29) is 23.7 Å². The number of nitrogens with zero attached hydrogens (tertiary/aromatic N) is 5. The van der Waals surface area contributed by atoms with E-state index in [2.05, 4.69) is 20.5 Å². The van der Waals surface area contributed by atoms with Crippen LogP contribution in [-0.4, -0.2) is 48.9 Å². The number of carbonyl (C=O) groups is 1. The first-order chi connectivity index (χ1) is 11.6. The van der Waals surface area contributed by atoms with Crippen LogP contribution >= 0.6 is 11.6 Å². The van der Waals surface area contributed by atoms with Gasteiger partial charge in [-0.15, -0.1) is 10.2 Å². The summed E-state index contributed by atoms with van der Waals surface area (Å²) >= 11 is 5.98. The molecule has 1 aliphatic rings. The Balaban J connectivity index is 1.70. The van der Waals surface area contributed by atoms with Crippen LogP contribution in [0.4, 0.5) is 10.5 Å². The van der Waals surface area contributed by atoms with E-state index in [1.165, 1.54) is 0 Å². The summed E-state index contributed by atoms with van der Waals surface area (Å²) in [5, 5.41) is 20.4. The second-order valence-corrected chi connectivity index (χ2v) is 6.11. The number of piperidine rings is 1. The Bertz CT molecular complexity index is 735. The molecule has 1 fully saturated rings. The van der Waals surface area contributed by atoms with Crippen LogP contribution in [-0.2, 0) is 13.7 Å². The van der Waals surface area contributed by atoms with E-state index in [1.807, 2.05) is 7.05 Å². The third-order valence-corrected chi connectivity index (χ3v) is 4.52. The fraction of sp³-hybridized carbons (Fsp3) is 0.467. The molecule has 2 aromatic heterocycles. The third-order valence-electron chi connectivity index (χ3n) is 4.21. The molecule has 1 unspecified atom stereocenters. The van der Waals surface area contributed by atoms with Gasteiger partial charge in [0.1, 0.15) is 12.4 Å². The average molecular weight is 351 g/mol. The Morgan fingerprint density at radius 1 is 1.50 bits per heavy atom. The minimum absolute atomic E-state index is 0.0895. The summed E-state index contributed by atoms with van der Waals surface area (Å²) < 4.78 is 1.80. The van der Waals surface area contributed by atoms with Crippen molar-refractivity contribution in [3.8, 4) is 0 Å². The lowest BCUT2D eigenvalue weighted by Crippen LogP contribution is -2.42. The van der Waals surface area contributed by atoms with Gasteiger partial charge in [0.05, 0.1) is 5.69 Å². The molecule has 9 heteroatoms. The number of amides is 2. The number of aliphatic hydroxyl groups excluding tert-OH is 1. The molecule has 2 N–H and O–H groups in total. The normalized spacial score (nSPS) is 17.8. The molecule has 0 bridgehead atoms. The maximum Gasteiger partial charge on any atom is 0.321 e. The zero-order valence-corrected chi connectivity index (χ0v) is 14.1. The number of urea groups is 1. The van der Waals surface area contributed by atoms with Gasteiger partial charge in [0.2, 0.25) is 0 Å². The fourth-order valence-electron chi connectivity index (χ4n) is 2.91. The first-order valence-corrected chi connectivity index (χ1v) is 8.13. The molecule has 0 aliphatic carbocycles. The van der Waals surface area contributed by atoms with Crippen molar-refractivity contribution in [1.29, 1.82) is 0 Å². The first-order valence-electron chi connectivity index (χ1n) is 7.75. The molecule has 1 atom stereocenters. The number of hydrogen-bond donors (Lipinski definition) is 2. The van der Waals surface area contributed by atoms with Gasteiger partial charge >= 0.3 is 6.03 Å². The van der Waals surface area contributed by atoms with E-state index >= 15 is 0 Å². The summed E-state index contributed by atoms with van der Waals surface area (Å²) in [6, 6.07) is 3.22. The number of halogens is 1. The molecule has 3 rings (SSSR count). The summed E-state index contributed by atoms with van der Waals surface area (Å²) in [5.41, 5.74) is 0.493. The van der Waals surface area contributed by atoms with E-state index in [4.69, 9.17) is 11.6 Å². The number of likely N-dealkylation sites (tertiary alicyclic amines) is 1. The van der Waals surface area contributed by atoms with Gasteiger partial charge in [0, 0.05) is 32.3 Å². The Kier molecular flexibility index (Phi) is 4.96. The smallest absolute Gasteiger partial charge is 0.321 e. The van der Waals surface area contributed by atoms with E-state index in [1.54, 1.807) is 27.8 Å². The van der Waals surface area contributed by atoms with Crippen LogP contribution in [0.5, 0.6) is 0 Å². The van der Waals surface area contributed by atoms with Crippen molar-refractivity contribution in [3.05, 3.63) is 35.1 Å². The Morgan fingerprint density at radius 3 is 3.04 bits per heavy atom. The number of carbonyl (C=O) groups excluding carboxylic acids is 1. The van der Waals surface area contributed by atoms with Crippen molar-refractivity contribution in [1.82, 2.24) is 24.6 Å². The maximum absolute atomic E-state index is 12.5. The highest BCUT2D eigenvalue weighted by Gasteiger charge is 2.28. The van der Waals surface area contributed by atoms with Crippen LogP contribution in [0.25, 0.3) is 0 Å². The third kappa shape index (κ3) is 3.34. The molecule has 0 saturated carbocycles. The average Bonchev–Trinajstić information content (AvgIpc) is 2.97. The topological polar surface area (TPSA) is 96.2 Å². The summed E-state index contributed by atoms with van der Waals surface area (Å²) in [4.78, 5) is 18.2. The predicted octanol–water partition coefficient (Wildman–Crippen LogP) is 1.77. The van der Waals surface area contributed by atoms with Crippen molar-refractivity contribution < 1.29 is 9.90 Å². The molecule has 1 saturated heterocycles. The molecule has 128 valence electrons. The molecule has 0 spiro atoms. The number of aromatic nitrogens is 4. The molecule has 0 aromatic carbocycles. The van der Waals surface area contributed by atoms with Crippen LogP contribution < -0.4 is 5.32 Å². The Labute approximate surface area is 144 Å². The van der Waals surface area contributed by atoms with Gasteiger partial charge in [-0.1, -0.05) is 11.6 Å². The number of pyridine rings is 1. The van der Waals surface area contributed by atoms with Gasteiger partial charge in [-0.3, -0.25) is 0 Å². The lowest BCUT2D eigenvalue weighted by molar-refractivity contribution is 0.190. The predicted molar refractivity (Wildman–Crippen MR) is 88.7 cm³/mol. The summed E-state index contributed by atoms with van der Waals surface area (Å²) in [6.07, 6.45) is 3.37. The number of anilines is 1. The molecule has 2 aromatic rings. The van der Waals surface area contributed by atoms with Crippen molar-refractivity contribution >= 4 is 23.3 Å². The molecule has 2 amide bonds. The molecule has 3 heterocycles. The lowest BCUT2D eigenvalue weighted by Gasteiger charge is -2.32. The van der Waals surface area contributed by atoms with E-state index in [9.17, 15) is 9.90 Å². The highest BCUT2D eigenvalue weighted by Crippen LogP contribution is 2.26. The molecule has 24 heavy (non-hydrogen) atoms. The minimum Gasteiger partial charge on any atom is -0.388 e. The number of rotatable bonds is 3. The van der Waals surface area contributed by atoms with Crippen LogP contribution in [0, 0.1) is 0 Å². The van der Waals surface area contributed by atoms with Gasteiger partial charge < -0.3 is 19.9 Å². The maximum atomic E-state index is 12.5. The van der Waals surface area contributed by atoms with E-state index < -0.39 is 0 Å². The van der Waals surface area contributed by atoms with Crippen molar-refractivity contribution in [2.75, 3.05) is 18.4 Å². The quantitative estimate of drug-likeness (QED) is 0.822. The van der Waals surface area contributed by atoms with Crippen LogP contribution in [0.3, 0.4) is 0 Å². The highest BCUT2D eigenvalue weighted by atomic mass is 35.5. The SMILES string of the molecule is Cn1c(CO)nnc1C1CCCN(C(=O)Nc2cccnc2Cl)C1. The molecular weight excluding hydrogens is 332 g/mol. The van der Waals surface area contributed by atoms with Gasteiger partial charge in [-0.2, -0.15) is 0 Å². The van der Waals surface area contributed by atoms with E-state index in [0.717, 1.165) is 18.7 Å². The van der Waals surface area contributed by atoms with Gasteiger partial charge in [-0.25, -0.2) is 9.78 Å². The highest BCUT2D eigenvalue weighted by molar-refractivity contribution is 6.32. The van der Waals surface area contributed by atoms with Gasteiger partial charge in [-0.05, 0) is 25.0 Å². The molecule has 0 radical (unpaired) electrons. The van der Waals surface area contributed by atoms with Crippen LogP contribution in [0.1, 0.15) is 30.4 Å². The van der Waals surface area contributed by atoms with Gasteiger partial charge in [0.25, 0.3) is 0 Å². The summed E-state index contributed by atoms with van der Waals surface area (Å²) in [5.74, 6) is 1.40. The minimum atomic E-state index is -0.209. The number of aliphatic hydroxyl groups is 1. The summed E-state index contributed by atoms with van der Waals surface area (Å²) in [6.45, 7) is 1.06. The summed E-state index contributed by atoms with van der Waals surface area (Å²) in [7, 11) is 1.83. The molecular formula is C15H19ClN6O2. The second kappa shape index (κ2) is 7.14. The molecule has 1 aliphatic heterocycles. The van der Waals surface area contributed by atoms with Crippen molar-refractivity contribution in [2.45, 2.75) is 25.4 Å². The number of hydrogen-bond acceptors (Lipinski definition) is 5. The zero-order valence-electron chi connectivity index (χ0n) is 13.3. The second-order valence-electron chi connectivity index (χ2n) is 5.75. The van der Waals surface area contributed by atoms with Crippen LogP contribution in [0.2, 0.25) is 5.15 Å². The Morgan fingerprint density at radius 2 is 2.33 bits per heavy atom. The fourth-order valence-corrected chi connectivity index (χ4v) is 3.08. The monoisotopic (exact) mass is 350 g/mol. The number of nitrogens with one attached hydrogen (secondary N) is 1. The largest absolute Gasteiger partial charge is 0.388 e. The Hall–Kier alpha value is -2.19. The van der Waals surface area contributed by atoms with Gasteiger partial charge in [0.15, 0.2) is 11.0 Å². The zero-order chi connectivity index (χ0) is 17.1. The first kappa shape index (κ1) is 16.7. The molecule has 8 nitrogen and oxygen atoms in total. The lowest BCUT2D eigenvalue weighted by atomic mass is 9.97.